The Morgan fingerprint density at radius 3 is 2.82 bits per heavy atom. The molecule has 0 aliphatic carbocycles. The molecule has 2 rings (SSSR count). The fourth-order valence-electron chi connectivity index (χ4n) is 1.75. The van der Waals surface area contributed by atoms with Gasteiger partial charge in [-0.1, -0.05) is 29.8 Å². The highest BCUT2D eigenvalue weighted by molar-refractivity contribution is 6.36. The lowest BCUT2D eigenvalue weighted by Crippen LogP contribution is -2.07. The lowest BCUT2D eigenvalue weighted by Gasteiger charge is -2.09. The van der Waals surface area contributed by atoms with Gasteiger partial charge in [0, 0.05) is 16.6 Å². The van der Waals surface area contributed by atoms with Gasteiger partial charge in [0.1, 0.15) is 0 Å². The summed E-state index contributed by atoms with van der Waals surface area (Å²) in [5, 5.41) is 1.44. The molecule has 0 saturated carbocycles. The molecule has 0 atom stereocenters. The van der Waals surface area contributed by atoms with E-state index in [0.717, 1.165) is 22.2 Å². The number of carbonyl (C=O) groups excluding carboxylic acids is 1. The molecule has 0 fully saturated rings. The Balaban J connectivity index is 2.59. The molecule has 3 nitrogen and oxygen atoms in total. The quantitative estimate of drug-likeness (QED) is 0.769. The zero-order valence-electron chi connectivity index (χ0n) is 9.66. The van der Waals surface area contributed by atoms with E-state index in [-0.39, 0.29) is 12.4 Å². The second kappa shape index (κ2) is 4.72. The van der Waals surface area contributed by atoms with Crippen LogP contribution in [0.15, 0.2) is 24.3 Å². The summed E-state index contributed by atoms with van der Waals surface area (Å²) in [5.41, 5.74) is 2.33. The maximum Gasteiger partial charge on any atom is 0.310 e. The molecule has 0 radical (unpaired) electrons. The van der Waals surface area contributed by atoms with Crippen molar-refractivity contribution in [3.63, 3.8) is 0 Å². The fourth-order valence-corrected chi connectivity index (χ4v) is 2.11. The number of esters is 1. The van der Waals surface area contributed by atoms with Crippen molar-refractivity contribution in [3.8, 4) is 0 Å². The van der Waals surface area contributed by atoms with Crippen LogP contribution in [0, 0.1) is 6.92 Å². The molecular weight excluding hydrogens is 238 g/mol. The minimum absolute atomic E-state index is 0.152. The maximum absolute atomic E-state index is 11.3. The maximum atomic E-state index is 11.3. The Morgan fingerprint density at radius 2 is 2.12 bits per heavy atom. The smallest absolute Gasteiger partial charge is 0.310 e. The summed E-state index contributed by atoms with van der Waals surface area (Å²) >= 11 is 6.30. The number of hydrogen-bond donors (Lipinski definition) is 0. The van der Waals surface area contributed by atoms with Crippen molar-refractivity contribution < 1.29 is 9.53 Å². The van der Waals surface area contributed by atoms with E-state index in [0.29, 0.717) is 5.02 Å². The van der Waals surface area contributed by atoms with Gasteiger partial charge in [-0.25, -0.2) is 0 Å². The van der Waals surface area contributed by atoms with Crippen LogP contribution in [-0.4, -0.2) is 18.1 Å². The predicted octanol–water partition coefficient (Wildman–Crippen LogP) is 2.91. The largest absolute Gasteiger partial charge is 0.469 e. The van der Waals surface area contributed by atoms with Crippen LogP contribution in [0.2, 0.25) is 5.02 Å². The number of rotatable bonds is 2. The summed E-state index contributed by atoms with van der Waals surface area (Å²) in [6, 6.07) is 7.60. The van der Waals surface area contributed by atoms with Crippen LogP contribution >= 0.6 is 11.6 Å². The Morgan fingerprint density at radius 1 is 1.41 bits per heavy atom. The number of ether oxygens (including phenoxy) is 1. The lowest BCUT2D eigenvalue weighted by molar-refractivity contribution is -0.139. The van der Waals surface area contributed by atoms with E-state index in [2.05, 4.69) is 9.72 Å². The molecule has 0 unspecified atom stereocenters. The van der Waals surface area contributed by atoms with Crippen LogP contribution in [0.3, 0.4) is 0 Å². The fraction of sp³-hybridized carbons (Fsp3) is 0.231. The predicted molar refractivity (Wildman–Crippen MR) is 67.2 cm³/mol. The monoisotopic (exact) mass is 249 g/mol. The molecule has 0 aliphatic heterocycles. The number of aryl methyl sites for hydroxylation is 1. The van der Waals surface area contributed by atoms with Crippen molar-refractivity contribution in [2.45, 2.75) is 13.3 Å². The third kappa shape index (κ3) is 2.24. The first-order valence-electron chi connectivity index (χ1n) is 5.24. The van der Waals surface area contributed by atoms with Gasteiger partial charge in [0.2, 0.25) is 0 Å². The van der Waals surface area contributed by atoms with Crippen LogP contribution in [0.1, 0.15) is 11.3 Å². The second-order valence-electron chi connectivity index (χ2n) is 3.76. The molecule has 0 N–H and O–H groups in total. The number of aromatic nitrogens is 1. The number of carbonyl (C=O) groups is 1. The van der Waals surface area contributed by atoms with Gasteiger partial charge in [0.05, 0.1) is 24.1 Å². The number of methoxy groups -OCH3 is 1. The van der Waals surface area contributed by atoms with Crippen LogP contribution in [0.25, 0.3) is 10.9 Å². The topological polar surface area (TPSA) is 39.2 Å². The molecule has 1 aromatic carbocycles. The Labute approximate surface area is 104 Å². The van der Waals surface area contributed by atoms with E-state index in [1.807, 2.05) is 31.2 Å². The van der Waals surface area contributed by atoms with Gasteiger partial charge in [-0.15, -0.1) is 0 Å². The van der Waals surface area contributed by atoms with Crippen molar-refractivity contribution in [3.05, 3.63) is 40.5 Å². The molecule has 17 heavy (non-hydrogen) atoms. The molecule has 2 aromatic rings. The Kier molecular flexibility index (Phi) is 3.29. The third-order valence-corrected chi connectivity index (χ3v) is 3.11. The number of pyridine rings is 1. The Bertz CT molecular complexity index is 581. The van der Waals surface area contributed by atoms with Gasteiger partial charge in [-0.3, -0.25) is 9.78 Å². The van der Waals surface area contributed by atoms with E-state index in [9.17, 15) is 4.79 Å². The van der Waals surface area contributed by atoms with Crippen LogP contribution in [0.5, 0.6) is 0 Å². The summed E-state index contributed by atoms with van der Waals surface area (Å²) in [6.07, 6.45) is 0.152. The van der Waals surface area contributed by atoms with E-state index in [4.69, 9.17) is 11.6 Å². The van der Waals surface area contributed by atoms with E-state index in [1.54, 1.807) is 0 Å². The van der Waals surface area contributed by atoms with Gasteiger partial charge in [0.15, 0.2) is 0 Å². The number of hydrogen-bond acceptors (Lipinski definition) is 3. The zero-order chi connectivity index (χ0) is 12.4. The standard InChI is InChI=1S/C13H12ClNO2/c1-8-10(7-12(16)17-2)13(14)9-5-3-4-6-11(9)15-8/h3-6H,7H2,1-2H3. The van der Waals surface area contributed by atoms with Crippen molar-refractivity contribution in [1.29, 1.82) is 0 Å². The van der Waals surface area contributed by atoms with Crippen molar-refractivity contribution in [2.24, 2.45) is 0 Å². The highest BCUT2D eigenvalue weighted by atomic mass is 35.5. The number of benzene rings is 1. The van der Waals surface area contributed by atoms with Crippen LogP contribution in [-0.2, 0) is 16.0 Å². The molecule has 0 aliphatic rings. The van der Waals surface area contributed by atoms with Crippen molar-refractivity contribution >= 4 is 28.5 Å². The van der Waals surface area contributed by atoms with Gasteiger partial charge in [-0.05, 0) is 13.0 Å². The number of para-hydroxylation sites is 1. The molecule has 88 valence electrons. The molecule has 0 spiro atoms. The van der Waals surface area contributed by atoms with Crippen molar-refractivity contribution in [2.75, 3.05) is 7.11 Å². The number of fused-ring (bicyclic) bond motifs is 1. The van der Waals surface area contributed by atoms with E-state index in [1.165, 1.54) is 7.11 Å². The molecule has 1 aromatic heterocycles. The summed E-state index contributed by atoms with van der Waals surface area (Å²) in [4.78, 5) is 15.7. The highest BCUT2D eigenvalue weighted by Gasteiger charge is 2.14. The summed E-state index contributed by atoms with van der Waals surface area (Å²) in [6.45, 7) is 1.84. The minimum atomic E-state index is -0.313. The number of nitrogens with zero attached hydrogens (tertiary/aromatic N) is 1. The first-order chi connectivity index (χ1) is 8.13. The van der Waals surface area contributed by atoms with Gasteiger partial charge in [0.25, 0.3) is 0 Å². The second-order valence-corrected chi connectivity index (χ2v) is 4.14. The Hall–Kier alpha value is -1.61. The lowest BCUT2D eigenvalue weighted by atomic mass is 10.1. The summed E-state index contributed by atoms with van der Waals surface area (Å²) in [5.74, 6) is -0.313. The first-order valence-corrected chi connectivity index (χ1v) is 5.62. The van der Waals surface area contributed by atoms with Gasteiger partial charge in [-0.2, -0.15) is 0 Å². The highest BCUT2D eigenvalue weighted by Crippen LogP contribution is 2.28. The van der Waals surface area contributed by atoms with E-state index >= 15 is 0 Å². The average Bonchev–Trinajstić information content (AvgIpc) is 2.34. The van der Waals surface area contributed by atoms with Gasteiger partial charge >= 0.3 is 5.97 Å². The van der Waals surface area contributed by atoms with Crippen LogP contribution in [0.4, 0.5) is 0 Å². The average molecular weight is 250 g/mol. The van der Waals surface area contributed by atoms with Gasteiger partial charge < -0.3 is 4.74 Å². The zero-order valence-corrected chi connectivity index (χ0v) is 10.4. The number of halogens is 1. The molecule has 1 heterocycles. The minimum Gasteiger partial charge on any atom is -0.469 e. The molecule has 0 saturated heterocycles. The first kappa shape index (κ1) is 11.9. The summed E-state index contributed by atoms with van der Waals surface area (Å²) in [7, 11) is 1.36. The third-order valence-electron chi connectivity index (χ3n) is 2.68. The molecular formula is C13H12ClNO2. The van der Waals surface area contributed by atoms with E-state index < -0.39 is 0 Å². The van der Waals surface area contributed by atoms with Crippen LogP contribution < -0.4 is 0 Å². The normalized spacial score (nSPS) is 10.5. The summed E-state index contributed by atoms with van der Waals surface area (Å²) < 4.78 is 4.65. The molecule has 0 amide bonds. The van der Waals surface area contributed by atoms with Crippen molar-refractivity contribution in [1.82, 2.24) is 4.98 Å². The molecule has 0 bridgehead atoms. The molecule has 4 heteroatoms. The SMILES string of the molecule is COC(=O)Cc1c(C)nc2ccccc2c1Cl.